The Morgan fingerprint density at radius 2 is 1.78 bits per heavy atom. The second kappa shape index (κ2) is 7.40. The van der Waals surface area contributed by atoms with Crippen LogP contribution in [0.25, 0.3) is 0 Å². The van der Waals surface area contributed by atoms with Crippen molar-refractivity contribution in [3.63, 3.8) is 0 Å². The molecule has 0 unspecified atom stereocenters. The third-order valence-electron chi connectivity index (χ3n) is 4.81. The number of carbonyl (C=O) groups is 1. The maximum Gasteiger partial charge on any atom is 0.244 e. The molecule has 0 aliphatic carbocycles. The van der Waals surface area contributed by atoms with Gasteiger partial charge in [-0.05, 0) is 56.9 Å². The summed E-state index contributed by atoms with van der Waals surface area (Å²) in [5.74, 6) is -1.06. The van der Waals surface area contributed by atoms with E-state index in [1.165, 1.54) is 22.5 Å². The average molecular weight is 390 g/mol. The number of aryl methyl sites for hydroxylation is 3. The van der Waals surface area contributed by atoms with E-state index in [1.807, 2.05) is 19.1 Å². The molecule has 1 atom stereocenters. The predicted octanol–water partition coefficient (Wildman–Crippen LogP) is 3.54. The zero-order valence-electron chi connectivity index (χ0n) is 15.6. The van der Waals surface area contributed by atoms with E-state index in [4.69, 9.17) is 0 Å². The third kappa shape index (κ3) is 3.75. The van der Waals surface area contributed by atoms with Gasteiger partial charge in [-0.15, -0.1) is 0 Å². The highest BCUT2D eigenvalue weighted by molar-refractivity contribution is 7.89. The van der Waals surface area contributed by atoms with Crippen molar-refractivity contribution in [2.75, 3.05) is 11.9 Å². The zero-order valence-corrected chi connectivity index (χ0v) is 16.4. The van der Waals surface area contributed by atoms with Gasteiger partial charge in [0.05, 0.1) is 10.6 Å². The molecule has 7 heteroatoms. The van der Waals surface area contributed by atoms with Crippen LogP contribution in [0.1, 0.15) is 29.5 Å². The molecule has 2 aromatic rings. The Morgan fingerprint density at radius 1 is 1.15 bits per heavy atom. The quantitative estimate of drug-likeness (QED) is 0.868. The molecule has 27 heavy (non-hydrogen) atoms. The van der Waals surface area contributed by atoms with Crippen molar-refractivity contribution in [1.29, 1.82) is 0 Å². The van der Waals surface area contributed by atoms with Crippen molar-refractivity contribution in [3.05, 3.63) is 58.9 Å². The fraction of sp³-hybridized carbons (Fsp3) is 0.350. The molecule has 1 amide bonds. The lowest BCUT2D eigenvalue weighted by atomic mass is 10.1. The molecule has 1 saturated heterocycles. The Labute approximate surface area is 159 Å². The van der Waals surface area contributed by atoms with E-state index in [0.29, 0.717) is 24.0 Å². The largest absolute Gasteiger partial charge is 0.322 e. The van der Waals surface area contributed by atoms with Gasteiger partial charge >= 0.3 is 0 Å². The van der Waals surface area contributed by atoms with Crippen LogP contribution in [0, 0.1) is 26.6 Å². The maximum absolute atomic E-state index is 13.8. The molecular formula is C20H23FN2O3S. The van der Waals surface area contributed by atoms with Gasteiger partial charge < -0.3 is 5.32 Å². The van der Waals surface area contributed by atoms with Crippen LogP contribution in [0.5, 0.6) is 0 Å². The molecule has 3 rings (SSSR count). The number of nitrogens with one attached hydrogen (secondary N) is 1. The minimum atomic E-state index is -3.83. The Bertz CT molecular complexity index is 965. The minimum Gasteiger partial charge on any atom is -0.322 e. The number of benzene rings is 2. The first-order valence-corrected chi connectivity index (χ1v) is 10.3. The summed E-state index contributed by atoms with van der Waals surface area (Å²) in [6.07, 6.45) is 0.988. The molecule has 144 valence electrons. The average Bonchev–Trinajstić information content (AvgIpc) is 3.06. The SMILES string of the molecule is Cc1cc(C)c(S(=O)(=O)N2CCC[C@H]2C(=O)Nc2ccccc2F)c(C)c1. The number of sulfonamides is 1. The molecule has 1 N–H and O–H groups in total. The highest BCUT2D eigenvalue weighted by Gasteiger charge is 2.40. The Morgan fingerprint density at radius 3 is 2.41 bits per heavy atom. The Balaban J connectivity index is 1.92. The third-order valence-corrected chi connectivity index (χ3v) is 7.02. The molecule has 2 aromatic carbocycles. The standard InChI is InChI=1S/C20H23FN2O3S/c1-13-11-14(2)19(15(3)12-13)27(25,26)23-10-6-9-18(23)20(24)22-17-8-5-4-7-16(17)21/h4-5,7-8,11-12,18H,6,9-10H2,1-3H3,(H,22,24)/t18-/m0/s1. The highest BCUT2D eigenvalue weighted by atomic mass is 32.2. The molecule has 0 saturated carbocycles. The van der Waals surface area contributed by atoms with E-state index >= 15 is 0 Å². The number of carbonyl (C=O) groups excluding carboxylic acids is 1. The van der Waals surface area contributed by atoms with Gasteiger partial charge in [0, 0.05) is 6.54 Å². The van der Waals surface area contributed by atoms with Crippen LogP contribution >= 0.6 is 0 Å². The fourth-order valence-corrected chi connectivity index (χ4v) is 5.83. The van der Waals surface area contributed by atoms with Gasteiger partial charge in [0.2, 0.25) is 15.9 Å². The minimum absolute atomic E-state index is 0.0504. The lowest BCUT2D eigenvalue weighted by Gasteiger charge is -2.25. The summed E-state index contributed by atoms with van der Waals surface area (Å²) in [4.78, 5) is 12.9. The molecule has 1 aliphatic rings. The van der Waals surface area contributed by atoms with Crippen LogP contribution in [0.3, 0.4) is 0 Å². The number of hydrogen-bond acceptors (Lipinski definition) is 3. The predicted molar refractivity (Wildman–Crippen MR) is 103 cm³/mol. The van der Waals surface area contributed by atoms with Gasteiger partial charge in [0.15, 0.2) is 0 Å². The molecule has 1 aliphatic heterocycles. The zero-order chi connectivity index (χ0) is 19.8. The van der Waals surface area contributed by atoms with Crippen LogP contribution in [-0.2, 0) is 14.8 Å². The lowest BCUT2D eigenvalue weighted by molar-refractivity contribution is -0.119. The van der Waals surface area contributed by atoms with Gasteiger partial charge in [-0.2, -0.15) is 4.31 Å². The first-order chi connectivity index (χ1) is 12.7. The van der Waals surface area contributed by atoms with Gasteiger partial charge in [0.25, 0.3) is 0 Å². The van der Waals surface area contributed by atoms with Crippen molar-refractivity contribution in [1.82, 2.24) is 4.31 Å². The van der Waals surface area contributed by atoms with Crippen LogP contribution in [0.2, 0.25) is 0 Å². The first-order valence-electron chi connectivity index (χ1n) is 8.87. The van der Waals surface area contributed by atoms with Crippen molar-refractivity contribution >= 4 is 21.6 Å². The molecule has 0 bridgehead atoms. The molecule has 5 nitrogen and oxygen atoms in total. The number of anilines is 1. The maximum atomic E-state index is 13.8. The van der Waals surface area contributed by atoms with Gasteiger partial charge in [-0.1, -0.05) is 29.8 Å². The van der Waals surface area contributed by atoms with Crippen LogP contribution in [0.15, 0.2) is 41.3 Å². The van der Waals surface area contributed by atoms with E-state index in [-0.39, 0.29) is 17.1 Å². The second-order valence-electron chi connectivity index (χ2n) is 6.97. The Hall–Kier alpha value is -2.25. The van der Waals surface area contributed by atoms with Crippen molar-refractivity contribution in [2.24, 2.45) is 0 Å². The summed E-state index contributed by atoms with van der Waals surface area (Å²) < 4.78 is 41.7. The number of amides is 1. The van der Waals surface area contributed by atoms with Gasteiger partial charge in [-0.25, -0.2) is 12.8 Å². The molecule has 0 radical (unpaired) electrons. The van der Waals surface area contributed by atoms with Crippen LogP contribution < -0.4 is 5.32 Å². The Kier molecular flexibility index (Phi) is 5.35. The summed E-state index contributed by atoms with van der Waals surface area (Å²) in [6, 6.07) is 8.64. The van der Waals surface area contributed by atoms with E-state index < -0.39 is 27.8 Å². The summed E-state index contributed by atoms with van der Waals surface area (Å²) in [5, 5.41) is 2.52. The normalized spacial score (nSPS) is 17.9. The van der Waals surface area contributed by atoms with Gasteiger partial charge in [0.1, 0.15) is 11.9 Å². The van der Waals surface area contributed by atoms with Crippen LogP contribution in [-0.4, -0.2) is 31.2 Å². The van der Waals surface area contributed by atoms with E-state index in [9.17, 15) is 17.6 Å². The molecule has 1 fully saturated rings. The van der Waals surface area contributed by atoms with Crippen LogP contribution in [0.4, 0.5) is 10.1 Å². The number of halogens is 1. The van der Waals surface area contributed by atoms with Crippen molar-refractivity contribution in [2.45, 2.75) is 44.6 Å². The first kappa shape index (κ1) is 19.5. The molecular weight excluding hydrogens is 367 g/mol. The number of hydrogen-bond donors (Lipinski definition) is 1. The highest BCUT2D eigenvalue weighted by Crippen LogP contribution is 2.31. The van der Waals surface area contributed by atoms with E-state index in [0.717, 1.165) is 5.56 Å². The van der Waals surface area contributed by atoms with Gasteiger partial charge in [-0.3, -0.25) is 4.79 Å². The summed E-state index contributed by atoms with van der Waals surface area (Å²) in [6.45, 7) is 5.70. The van der Waals surface area contributed by atoms with Crippen molar-refractivity contribution < 1.29 is 17.6 Å². The second-order valence-corrected chi connectivity index (χ2v) is 8.80. The van der Waals surface area contributed by atoms with Crippen molar-refractivity contribution in [3.8, 4) is 0 Å². The molecule has 1 heterocycles. The van der Waals surface area contributed by atoms with E-state index in [1.54, 1.807) is 19.9 Å². The number of rotatable bonds is 4. The monoisotopic (exact) mass is 390 g/mol. The summed E-state index contributed by atoms with van der Waals surface area (Å²) in [7, 11) is -3.83. The topological polar surface area (TPSA) is 66.5 Å². The number of nitrogens with zero attached hydrogens (tertiary/aromatic N) is 1. The summed E-state index contributed by atoms with van der Waals surface area (Å²) >= 11 is 0. The smallest absolute Gasteiger partial charge is 0.244 e. The fourth-order valence-electron chi connectivity index (χ4n) is 3.76. The lowest BCUT2D eigenvalue weighted by Crippen LogP contribution is -2.43. The van der Waals surface area contributed by atoms with E-state index in [2.05, 4.69) is 5.32 Å². The molecule has 0 spiro atoms. The molecule has 0 aromatic heterocycles. The number of para-hydroxylation sites is 1. The summed E-state index contributed by atoms with van der Waals surface area (Å²) in [5.41, 5.74) is 2.36.